The predicted octanol–water partition coefficient (Wildman–Crippen LogP) is 3.91. The smallest absolute Gasteiger partial charge is 0.258 e. The van der Waals surface area contributed by atoms with Crippen LogP contribution in [0.15, 0.2) is 46.2 Å². The van der Waals surface area contributed by atoms with Gasteiger partial charge in [0, 0.05) is 29.0 Å². The van der Waals surface area contributed by atoms with Gasteiger partial charge in [0.1, 0.15) is 0 Å². The van der Waals surface area contributed by atoms with Gasteiger partial charge in [-0.1, -0.05) is 23.8 Å². The maximum Gasteiger partial charge on any atom is 0.270 e. The number of benzene rings is 2. The molecule has 0 aliphatic rings. The number of nitro benzene ring substituents is 1. The number of hydrogen-bond acceptors (Lipinski definition) is 5. The highest BCUT2D eigenvalue weighted by atomic mass is 32.2. The molecule has 0 fully saturated rings. The van der Waals surface area contributed by atoms with Gasteiger partial charge in [0.15, 0.2) is 9.84 Å². The second-order valence-electron chi connectivity index (χ2n) is 5.38. The molecule has 0 bridgehead atoms. The Bertz CT molecular complexity index is 860. The zero-order chi connectivity index (χ0) is 17.2. The van der Waals surface area contributed by atoms with Crippen LogP contribution < -0.4 is 0 Å². The number of sulfone groups is 1. The van der Waals surface area contributed by atoms with E-state index in [0.29, 0.717) is 10.6 Å². The van der Waals surface area contributed by atoms with E-state index in [4.69, 9.17) is 0 Å². The van der Waals surface area contributed by atoms with E-state index in [-0.39, 0.29) is 10.6 Å². The van der Waals surface area contributed by atoms with Crippen LogP contribution in [0.3, 0.4) is 0 Å². The van der Waals surface area contributed by atoms with Crippen molar-refractivity contribution in [3.63, 3.8) is 0 Å². The topological polar surface area (TPSA) is 77.3 Å². The van der Waals surface area contributed by atoms with E-state index in [1.165, 1.54) is 23.9 Å². The van der Waals surface area contributed by atoms with E-state index in [2.05, 4.69) is 6.07 Å². The van der Waals surface area contributed by atoms with E-state index >= 15 is 0 Å². The molecule has 122 valence electrons. The second-order valence-corrected chi connectivity index (χ2v) is 8.38. The number of nitrogens with zero attached hydrogens (tertiary/aromatic N) is 1. The minimum atomic E-state index is -3.54. The molecule has 0 N–H and O–H groups in total. The lowest BCUT2D eigenvalue weighted by Crippen LogP contribution is -2.01. The largest absolute Gasteiger partial charge is 0.270 e. The van der Waals surface area contributed by atoms with E-state index < -0.39 is 14.8 Å². The highest BCUT2D eigenvalue weighted by molar-refractivity contribution is 7.99. The number of non-ortho nitro benzene ring substituents is 1. The van der Waals surface area contributed by atoms with Gasteiger partial charge in [0.05, 0.1) is 9.82 Å². The molecule has 0 atom stereocenters. The zero-order valence-corrected chi connectivity index (χ0v) is 14.7. The Hall–Kier alpha value is -1.86. The lowest BCUT2D eigenvalue weighted by molar-refractivity contribution is -0.385. The van der Waals surface area contributed by atoms with E-state index in [9.17, 15) is 18.5 Å². The SMILES string of the molecule is Cc1ccc(C)c(CSc2ccc([N+](=O)[O-])cc2S(C)(=O)=O)c1. The number of nitro groups is 1. The second kappa shape index (κ2) is 6.72. The van der Waals surface area contributed by atoms with Gasteiger partial charge in [-0.15, -0.1) is 11.8 Å². The molecule has 0 saturated heterocycles. The highest BCUT2D eigenvalue weighted by Gasteiger charge is 2.18. The van der Waals surface area contributed by atoms with Gasteiger partial charge in [-0.2, -0.15) is 0 Å². The van der Waals surface area contributed by atoms with Gasteiger partial charge in [0.2, 0.25) is 0 Å². The van der Waals surface area contributed by atoms with Crippen LogP contribution in [0.4, 0.5) is 5.69 Å². The molecular formula is C16H17NO4S2. The average molecular weight is 351 g/mol. The first-order valence-electron chi connectivity index (χ1n) is 6.86. The number of hydrogen-bond donors (Lipinski definition) is 0. The fraction of sp³-hybridized carbons (Fsp3) is 0.250. The van der Waals surface area contributed by atoms with E-state index in [1.54, 1.807) is 0 Å². The van der Waals surface area contributed by atoms with Crippen molar-refractivity contribution in [2.24, 2.45) is 0 Å². The molecule has 0 amide bonds. The molecule has 0 heterocycles. The number of aryl methyl sites for hydroxylation is 2. The van der Waals surface area contributed by atoms with Crippen molar-refractivity contribution in [1.29, 1.82) is 0 Å². The first-order chi connectivity index (χ1) is 10.7. The summed E-state index contributed by atoms with van der Waals surface area (Å²) in [6.07, 6.45) is 1.06. The molecule has 0 aliphatic heterocycles. The Labute approximate surface area is 139 Å². The Morgan fingerprint density at radius 2 is 1.83 bits per heavy atom. The van der Waals surface area contributed by atoms with Crippen LogP contribution in [0.2, 0.25) is 0 Å². The number of rotatable bonds is 5. The Morgan fingerprint density at radius 1 is 1.13 bits per heavy atom. The molecule has 2 aromatic carbocycles. The molecule has 7 heteroatoms. The van der Waals surface area contributed by atoms with Gasteiger partial charge in [-0.05, 0) is 31.0 Å². The molecule has 5 nitrogen and oxygen atoms in total. The third kappa shape index (κ3) is 4.33. The zero-order valence-electron chi connectivity index (χ0n) is 13.1. The van der Waals surface area contributed by atoms with Crippen molar-refractivity contribution < 1.29 is 13.3 Å². The van der Waals surface area contributed by atoms with E-state index in [1.807, 2.05) is 26.0 Å². The average Bonchev–Trinajstić information content (AvgIpc) is 2.47. The molecule has 23 heavy (non-hydrogen) atoms. The normalized spacial score (nSPS) is 11.4. The third-order valence-electron chi connectivity index (χ3n) is 3.43. The van der Waals surface area contributed by atoms with Crippen molar-refractivity contribution in [3.05, 3.63) is 63.2 Å². The monoisotopic (exact) mass is 351 g/mol. The summed E-state index contributed by atoms with van der Waals surface area (Å²) in [6, 6.07) is 10.1. The van der Waals surface area contributed by atoms with Crippen molar-refractivity contribution in [1.82, 2.24) is 0 Å². The predicted molar refractivity (Wildman–Crippen MR) is 91.7 cm³/mol. The standard InChI is InChI=1S/C16H17NO4S2/c1-11-4-5-12(2)13(8-11)10-22-15-7-6-14(17(18)19)9-16(15)23(3,20)21/h4-9H,10H2,1-3H3. The summed E-state index contributed by atoms with van der Waals surface area (Å²) < 4.78 is 23.8. The Kier molecular flexibility index (Phi) is 5.11. The van der Waals surface area contributed by atoms with E-state index in [0.717, 1.165) is 29.0 Å². The summed E-state index contributed by atoms with van der Waals surface area (Å²) in [5.41, 5.74) is 3.17. The first kappa shape index (κ1) is 17.5. The molecule has 0 spiro atoms. The minimum absolute atomic E-state index is 0.00186. The van der Waals surface area contributed by atoms with Gasteiger partial charge < -0.3 is 0 Å². The summed E-state index contributed by atoms with van der Waals surface area (Å²) in [5, 5.41) is 10.9. The van der Waals surface area contributed by atoms with Crippen molar-refractivity contribution in [3.8, 4) is 0 Å². The lowest BCUT2D eigenvalue weighted by Gasteiger charge is -2.10. The first-order valence-corrected chi connectivity index (χ1v) is 9.73. The minimum Gasteiger partial charge on any atom is -0.258 e. The van der Waals surface area contributed by atoms with Gasteiger partial charge in [-0.3, -0.25) is 10.1 Å². The number of thioether (sulfide) groups is 1. The Morgan fingerprint density at radius 3 is 2.43 bits per heavy atom. The fourth-order valence-electron chi connectivity index (χ4n) is 2.13. The summed E-state index contributed by atoms with van der Waals surface area (Å²) in [6.45, 7) is 4.00. The third-order valence-corrected chi connectivity index (χ3v) is 5.81. The highest BCUT2D eigenvalue weighted by Crippen LogP contribution is 2.32. The Balaban J connectivity index is 2.36. The maximum absolute atomic E-state index is 11.9. The molecule has 2 rings (SSSR count). The van der Waals surface area contributed by atoms with Crippen LogP contribution in [0, 0.1) is 24.0 Å². The molecule has 0 aliphatic carbocycles. The summed E-state index contributed by atoms with van der Waals surface area (Å²) in [4.78, 5) is 10.8. The molecule has 0 radical (unpaired) electrons. The fourth-order valence-corrected chi connectivity index (χ4v) is 4.52. The molecule has 0 aromatic heterocycles. The molecule has 2 aromatic rings. The van der Waals surface area contributed by atoms with Crippen LogP contribution in [-0.4, -0.2) is 19.6 Å². The van der Waals surface area contributed by atoms with Crippen molar-refractivity contribution in [2.45, 2.75) is 29.4 Å². The van der Waals surface area contributed by atoms with Crippen LogP contribution in [-0.2, 0) is 15.6 Å². The summed E-state index contributed by atoms with van der Waals surface area (Å²) in [5.74, 6) is 0.605. The molecule has 0 saturated carbocycles. The quantitative estimate of drug-likeness (QED) is 0.464. The maximum atomic E-state index is 11.9. The molecular weight excluding hydrogens is 334 g/mol. The molecule has 0 unspecified atom stereocenters. The van der Waals surface area contributed by atoms with Gasteiger partial charge in [0.25, 0.3) is 5.69 Å². The van der Waals surface area contributed by atoms with Crippen LogP contribution >= 0.6 is 11.8 Å². The lowest BCUT2D eigenvalue weighted by atomic mass is 10.1. The van der Waals surface area contributed by atoms with Crippen molar-refractivity contribution in [2.75, 3.05) is 6.26 Å². The summed E-state index contributed by atoms with van der Waals surface area (Å²) >= 11 is 1.37. The van der Waals surface area contributed by atoms with Crippen molar-refractivity contribution >= 4 is 27.3 Å². The van der Waals surface area contributed by atoms with Crippen LogP contribution in [0.25, 0.3) is 0 Å². The van der Waals surface area contributed by atoms with Crippen LogP contribution in [0.5, 0.6) is 0 Å². The van der Waals surface area contributed by atoms with Gasteiger partial charge in [-0.25, -0.2) is 8.42 Å². The summed E-state index contributed by atoms with van der Waals surface area (Å²) in [7, 11) is -3.54. The van der Waals surface area contributed by atoms with Gasteiger partial charge >= 0.3 is 0 Å². The van der Waals surface area contributed by atoms with Crippen LogP contribution in [0.1, 0.15) is 16.7 Å².